The van der Waals surface area contributed by atoms with Crippen LogP contribution in [0.15, 0.2) is 67.8 Å². The van der Waals surface area contributed by atoms with Crippen LogP contribution in [0.4, 0.5) is 5.69 Å². The maximum atomic E-state index is 12.3. The third kappa shape index (κ3) is 3.48. The minimum atomic E-state index is -0.0499. The molecule has 1 saturated heterocycles. The molecule has 35 heavy (non-hydrogen) atoms. The van der Waals surface area contributed by atoms with Crippen molar-refractivity contribution in [2.45, 2.75) is 18.4 Å². The second kappa shape index (κ2) is 7.84. The number of hydrogen-bond acceptors (Lipinski definition) is 5. The van der Waals surface area contributed by atoms with Crippen molar-refractivity contribution < 1.29 is 4.79 Å². The van der Waals surface area contributed by atoms with E-state index < -0.39 is 0 Å². The average molecular weight is 464 g/mol. The predicted octanol–water partition coefficient (Wildman–Crippen LogP) is 3.64. The summed E-state index contributed by atoms with van der Waals surface area (Å²) in [6.07, 6.45) is 10.8. The molecular weight excluding hydrogens is 438 g/mol. The van der Waals surface area contributed by atoms with Crippen LogP contribution >= 0.6 is 0 Å². The Labute approximate surface area is 203 Å². The predicted molar refractivity (Wildman–Crippen MR) is 134 cm³/mol. The van der Waals surface area contributed by atoms with E-state index in [0.29, 0.717) is 12.1 Å². The van der Waals surface area contributed by atoms with Crippen LogP contribution in [0.2, 0.25) is 0 Å². The molecule has 1 spiro atoms. The van der Waals surface area contributed by atoms with Crippen LogP contribution in [0.25, 0.3) is 27.8 Å². The van der Waals surface area contributed by atoms with E-state index >= 15 is 0 Å². The minimum Gasteiger partial charge on any atom is -0.367 e. The fourth-order valence-electron chi connectivity index (χ4n) is 5.23. The zero-order chi connectivity index (χ0) is 24.2. The number of pyridine rings is 1. The Morgan fingerprint density at radius 2 is 1.89 bits per heavy atom. The number of amides is 1. The van der Waals surface area contributed by atoms with Crippen LogP contribution in [-0.4, -0.2) is 55.4 Å². The first-order valence-corrected chi connectivity index (χ1v) is 11.7. The lowest BCUT2D eigenvalue weighted by atomic mass is 9.99. The topological polar surface area (TPSA) is 82.5 Å². The summed E-state index contributed by atoms with van der Waals surface area (Å²) in [7, 11) is 1.89. The second-order valence-corrected chi connectivity index (χ2v) is 9.40. The summed E-state index contributed by atoms with van der Waals surface area (Å²) in [4.78, 5) is 16.7. The van der Waals surface area contributed by atoms with Gasteiger partial charge in [0.15, 0.2) is 0 Å². The van der Waals surface area contributed by atoms with E-state index in [1.165, 1.54) is 6.08 Å². The van der Waals surface area contributed by atoms with Gasteiger partial charge in [0, 0.05) is 61.5 Å². The van der Waals surface area contributed by atoms with E-state index in [2.05, 4.69) is 58.1 Å². The Morgan fingerprint density at radius 3 is 2.54 bits per heavy atom. The third-order valence-corrected chi connectivity index (χ3v) is 7.23. The fourth-order valence-corrected chi connectivity index (χ4v) is 5.23. The van der Waals surface area contributed by atoms with E-state index in [-0.39, 0.29) is 11.4 Å². The van der Waals surface area contributed by atoms with Crippen molar-refractivity contribution in [3.8, 4) is 28.3 Å². The quantitative estimate of drug-likeness (QED) is 0.432. The molecule has 2 aliphatic rings. The van der Waals surface area contributed by atoms with E-state index in [4.69, 9.17) is 0 Å². The van der Waals surface area contributed by atoms with Crippen molar-refractivity contribution >= 4 is 17.1 Å². The zero-order valence-corrected chi connectivity index (χ0v) is 19.6. The number of nitriles is 1. The number of aryl methyl sites for hydroxylation is 1. The van der Waals surface area contributed by atoms with Gasteiger partial charge in [0.1, 0.15) is 6.07 Å². The molecule has 1 aliphatic carbocycles. The van der Waals surface area contributed by atoms with Gasteiger partial charge < -0.3 is 9.80 Å². The molecule has 1 aromatic carbocycles. The molecule has 6 rings (SSSR count). The van der Waals surface area contributed by atoms with Gasteiger partial charge in [-0.25, -0.2) is 4.52 Å². The molecule has 174 valence electrons. The Balaban J connectivity index is 1.35. The molecule has 8 heteroatoms. The Morgan fingerprint density at radius 1 is 1.09 bits per heavy atom. The molecule has 1 amide bonds. The lowest BCUT2D eigenvalue weighted by Crippen LogP contribution is -2.56. The Kier molecular flexibility index (Phi) is 4.74. The van der Waals surface area contributed by atoms with Gasteiger partial charge in [-0.2, -0.15) is 15.5 Å². The van der Waals surface area contributed by atoms with Crippen LogP contribution < -0.4 is 4.90 Å². The SMILES string of the molecule is C=CC(=O)N1CCN(c2ccc(-c3cc(-c4cnn(C)c4)cn4ncc(C#N)c34)cc2)CC12CC2. The van der Waals surface area contributed by atoms with Crippen molar-refractivity contribution in [1.29, 1.82) is 5.26 Å². The average Bonchev–Trinajstić information content (AvgIpc) is 3.30. The first kappa shape index (κ1) is 21.2. The molecule has 1 saturated carbocycles. The molecule has 1 aliphatic heterocycles. The van der Waals surface area contributed by atoms with Crippen molar-refractivity contribution in [2.24, 2.45) is 7.05 Å². The highest BCUT2D eigenvalue weighted by molar-refractivity contribution is 5.89. The number of piperazine rings is 1. The molecule has 0 N–H and O–H groups in total. The van der Waals surface area contributed by atoms with Crippen molar-refractivity contribution in [3.05, 3.63) is 73.3 Å². The van der Waals surface area contributed by atoms with Gasteiger partial charge in [-0.1, -0.05) is 18.7 Å². The van der Waals surface area contributed by atoms with Crippen molar-refractivity contribution in [2.75, 3.05) is 24.5 Å². The number of benzene rings is 1. The smallest absolute Gasteiger partial charge is 0.246 e. The molecule has 0 radical (unpaired) electrons. The van der Waals surface area contributed by atoms with E-state index in [1.807, 2.05) is 30.5 Å². The zero-order valence-electron chi connectivity index (χ0n) is 19.6. The van der Waals surface area contributed by atoms with E-state index in [0.717, 1.165) is 59.4 Å². The number of nitrogens with zero attached hydrogens (tertiary/aromatic N) is 7. The summed E-state index contributed by atoms with van der Waals surface area (Å²) >= 11 is 0. The highest BCUT2D eigenvalue weighted by atomic mass is 16.2. The summed E-state index contributed by atoms with van der Waals surface area (Å²) < 4.78 is 3.55. The number of aromatic nitrogens is 4. The maximum Gasteiger partial charge on any atom is 0.246 e. The number of anilines is 1. The molecule has 0 bridgehead atoms. The summed E-state index contributed by atoms with van der Waals surface area (Å²) in [5.41, 5.74) is 6.36. The van der Waals surface area contributed by atoms with Crippen molar-refractivity contribution in [1.82, 2.24) is 24.3 Å². The number of fused-ring (bicyclic) bond motifs is 1. The minimum absolute atomic E-state index is 0.0316. The largest absolute Gasteiger partial charge is 0.367 e. The first-order valence-electron chi connectivity index (χ1n) is 11.7. The van der Waals surface area contributed by atoms with Crippen LogP contribution in [0.5, 0.6) is 0 Å². The summed E-state index contributed by atoms with van der Waals surface area (Å²) in [5.74, 6) is 0.0316. The van der Waals surface area contributed by atoms with E-state index in [1.54, 1.807) is 15.4 Å². The second-order valence-electron chi connectivity index (χ2n) is 9.40. The molecule has 8 nitrogen and oxygen atoms in total. The third-order valence-electron chi connectivity index (χ3n) is 7.23. The highest BCUT2D eigenvalue weighted by Crippen LogP contribution is 2.45. The molecule has 3 aromatic heterocycles. The molecule has 0 atom stereocenters. The fraction of sp³-hybridized carbons (Fsp3) is 0.259. The number of carbonyl (C=O) groups excluding carboxylic acids is 1. The molecule has 0 unspecified atom stereocenters. The standard InChI is InChI=1S/C27H25N7O/c1-3-25(35)33-11-10-32(18-27(33)8-9-27)23-6-4-19(5-7-23)24-12-20(22-15-29-31(2)16-22)17-34-26(24)21(13-28)14-30-34/h3-7,12,14-17H,1,8-11,18H2,2H3. The molecule has 4 heterocycles. The molecule has 2 fully saturated rings. The van der Waals surface area contributed by atoms with Crippen LogP contribution in [0, 0.1) is 11.3 Å². The summed E-state index contributed by atoms with van der Waals surface area (Å²) in [6, 6.07) is 12.8. The number of carbonyl (C=O) groups is 1. The van der Waals surface area contributed by atoms with Gasteiger partial charge in [-0.15, -0.1) is 0 Å². The lowest BCUT2D eigenvalue weighted by molar-refractivity contribution is -0.129. The molecule has 4 aromatic rings. The van der Waals surface area contributed by atoms with Crippen LogP contribution in [0.1, 0.15) is 18.4 Å². The first-order chi connectivity index (χ1) is 17.0. The van der Waals surface area contributed by atoms with Crippen molar-refractivity contribution in [3.63, 3.8) is 0 Å². The van der Waals surface area contributed by atoms with Gasteiger partial charge in [0.2, 0.25) is 5.91 Å². The van der Waals surface area contributed by atoms with E-state index in [9.17, 15) is 10.1 Å². The maximum absolute atomic E-state index is 12.3. The molecular formula is C27H25N7O. The lowest BCUT2D eigenvalue weighted by Gasteiger charge is -2.43. The Bertz CT molecular complexity index is 1500. The van der Waals surface area contributed by atoms with Gasteiger partial charge in [0.05, 0.1) is 29.0 Å². The number of hydrogen-bond donors (Lipinski definition) is 0. The van der Waals surface area contributed by atoms with Gasteiger partial charge >= 0.3 is 0 Å². The number of rotatable bonds is 4. The summed E-state index contributed by atoms with van der Waals surface area (Å²) in [5, 5.41) is 18.4. The Hall–Kier alpha value is -4.38. The van der Waals surface area contributed by atoms with Gasteiger partial charge in [-0.3, -0.25) is 9.48 Å². The normalized spacial score (nSPS) is 16.5. The van der Waals surface area contributed by atoms with Crippen LogP contribution in [0.3, 0.4) is 0 Å². The summed E-state index contributed by atoms with van der Waals surface area (Å²) in [6.45, 7) is 6.01. The monoisotopic (exact) mass is 463 g/mol. The van der Waals surface area contributed by atoms with Crippen LogP contribution in [-0.2, 0) is 11.8 Å². The van der Waals surface area contributed by atoms with Gasteiger partial charge in [-0.05, 0) is 42.7 Å². The highest BCUT2D eigenvalue weighted by Gasteiger charge is 2.52. The van der Waals surface area contributed by atoms with Gasteiger partial charge in [0.25, 0.3) is 0 Å².